The van der Waals surface area contributed by atoms with Crippen molar-refractivity contribution in [2.75, 3.05) is 32.7 Å². The number of carbonyl (C=O) groups excluding carboxylic acids is 2. The third-order valence-corrected chi connectivity index (χ3v) is 5.27. The third kappa shape index (κ3) is 5.20. The van der Waals surface area contributed by atoms with Gasteiger partial charge in [-0.25, -0.2) is 0 Å². The normalized spacial score (nSPS) is 22.4. The van der Waals surface area contributed by atoms with Crippen LogP contribution in [0.3, 0.4) is 0 Å². The van der Waals surface area contributed by atoms with E-state index in [0.717, 1.165) is 64.8 Å². The average Bonchev–Trinajstić information content (AvgIpc) is 2.88. The first kappa shape index (κ1) is 18.2. The van der Waals surface area contributed by atoms with Crippen LogP contribution in [0.15, 0.2) is 0 Å². The Bertz CT molecular complexity index is 384. The summed E-state index contributed by atoms with van der Waals surface area (Å²) in [4.78, 5) is 29.1. The van der Waals surface area contributed by atoms with E-state index in [1.807, 2.05) is 6.92 Å². The van der Waals surface area contributed by atoms with Gasteiger partial charge in [-0.2, -0.15) is 0 Å². The molecule has 1 N–H and O–H groups in total. The van der Waals surface area contributed by atoms with Crippen LogP contribution in [-0.2, 0) is 9.59 Å². The fourth-order valence-electron chi connectivity index (χ4n) is 3.64. The zero-order valence-electron chi connectivity index (χ0n) is 14.9. The number of hydrogen-bond acceptors (Lipinski definition) is 3. The van der Waals surface area contributed by atoms with Crippen molar-refractivity contribution < 1.29 is 9.59 Å². The van der Waals surface area contributed by atoms with Crippen molar-refractivity contribution >= 4 is 11.8 Å². The molecule has 2 aliphatic rings. The molecule has 1 atom stereocenters. The van der Waals surface area contributed by atoms with Crippen molar-refractivity contribution in [3.8, 4) is 0 Å². The van der Waals surface area contributed by atoms with Gasteiger partial charge in [0.15, 0.2) is 0 Å². The van der Waals surface area contributed by atoms with Gasteiger partial charge in [0.1, 0.15) is 0 Å². The lowest BCUT2D eigenvalue weighted by molar-refractivity contribution is -0.137. The van der Waals surface area contributed by atoms with E-state index in [1.165, 1.54) is 12.8 Å². The average molecular weight is 323 g/mol. The second kappa shape index (κ2) is 9.26. The van der Waals surface area contributed by atoms with E-state index in [1.54, 1.807) is 0 Å². The van der Waals surface area contributed by atoms with Crippen LogP contribution in [0.2, 0.25) is 0 Å². The number of nitrogens with one attached hydrogen (secondary N) is 1. The first-order chi connectivity index (χ1) is 11.1. The molecule has 2 amide bonds. The van der Waals surface area contributed by atoms with E-state index in [2.05, 4.69) is 22.0 Å². The topological polar surface area (TPSA) is 52.7 Å². The molecular formula is C18H33N3O2. The number of piperidine rings is 1. The second-order valence-electron chi connectivity index (χ2n) is 7.02. The Balaban J connectivity index is 1.78. The molecule has 23 heavy (non-hydrogen) atoms. The minimum Gasteiger partial charge on any atom is -0.355 e. The van der Waals surface area contributed by atoms with Crippen LogP contribution in [0.4, 0.5) is 0 Å². The highest BCUT2D eigenvalue weighted by atomic mass is 16.2. The van der Waals surface area contributed by atoms with Crippen LogP contribution in [0, 0.1) is 5.92 Å². The van der Waals surface area contributed by atoms with Gasteiger partial charge in [0, 0.05) is 25.6 Å². The molecule has 2 rings (SSSR count). The highest BCUT2D eigenvalue weighted by Gasteiger charge is 2.31. The predicted molar refractivity (Wildman–Crippen MR) is 92.1 cm³/mol. The largest absolute Gasteiger partial charge is 0.355 e. The molecular weight excluding hydrogens is 290 g/mol. The molecule has 2 aliphatic heterocycles. The van der Waals surface area contributed by atoms with Crippen LogP contribution in [-0.4, -0.2) is 60.4 Å². The minimum absolute atomic E-state index is 0.0872. The molecule has 0 saturated carbocycles. The van der Waals surface area contributed by atoms with Crippen LogP contribution >= 0.6 is 0 Å². The highest BCUT2D eigenvalue weighted by molar-refractivity contribution is 5.81. The fourth-order valence-corrected chi connectivity index (χ4v) is 3.64. The van der Waals surface area contributed by atoms with Gasteiger partial charge in [0.25, 0.3) is 0 Å². The summed E-state index contributed by atoms with van der Waals surface area (Å²) >= 11 is 0. The van der Waals surface area contributed by atoms with Crippen LogP contribution < -0.4 is 5.32 Å². The van der Waals surface area contributed by atoms with Crippen LogP contribution in [0.1, 0.15) is 58.8 Å². The molecule has 5 heteroatoms. The summed E-state index contributed by atoms with van der Waals surface area (Å²) in [6.45, 7) is 8.36. The lowest BCUT2D eigenvalue weighted by Crippen LogP contribution is -2.50. The summed E-state index contributed by atoms with van der Waals surface area (Å²) < 4.78 is 0. The third-order valence-electron chi connectivity index (χ3n) is 5.27. The standard InChI is InChI=1S/C18H33N3O2/c1-3-10-19-17(22)15(2)20-13-8-16(9-14-20)18(23)21-11-6-4-5-7-12-21/h15-16H,3-14H2,1-2H3,(H,19,22). The van der Waals surface area contributed by atoms with Crippen LogP contribution in [0.25, 0.3) is 0 Å². The highest BCUT2D eigenvalue weighted by Crippen LogP contribution is 2.23. The number of amides is 2. The first-order valence-electron chi connectivity index (χ1n) is 9.44. The molecule has 0 aromatic heterocycles. The van der Waals surface area contributed by atoms with Gasteiger partial charge in [-0.05, 0) is 52.1 Å². The summed E-state index contributed by atoms with van der Waals surface area (Å²) in [5.41, 5.74) is 0. The van der Waals surface area contributed by atoms with Gasteiger partial charge in [0.2, 0.25) is 11.8 Å². The Morgan fingerprint density at radius 3 is 2.22 bits per heavy atom. The molecule has 1 unspecified atom stereocenters. The molecule has 2 saturated heterocycles. The summed E-state index contributed by atoms with van der Waals surface area (Å²) in [6.07, 6.45) is 7.56. The summed E-state index contributed by atoms with van der Waals surface area (Å²) in [5.74, 6) is 0.633. The van der Waals surface area contributed by atoms with Crippen LogP contribution in [0.5, 0.6) is 0 Å². The van der Waals surface area contributed by atoms with Crippen molar-refractivity contribution in [3.05, 3.63) is 0 Å². The molecule has 0 radical (unpaired) electrons. The van der Waals surface area contributed by atoms with Crippen molar-refractivity contribution in [2.24, 2.45) is 5.92 Å². The fraction of sp³-hybridized carbons (Fsp3) is 0.889. The Morgan fingerprint density at radius 1 is 1.04 bits per heavy atom. The summed E-state index contributed by atoms with van der Waals surface area (Å²) in [6, 6.07) is -0.0872. The maximum atomic E-state index is 12.7. The molecule has 0 aromatic rings. The lowest BCUT2D eigenvalue weighted by atomic mass is 9.94. The Kier molecular flexibility index (Phi) is 7.34. The number of nitrogens with zero attached hydrogens (tertiary/aromatic N) is 2. The van der Waals surface area contributed by atoms with Crippen molar-refractivity contribution in [1.82, 2.24) is 15.1 Å². The summed E-state index contributed by atoms with van der Waals surface area (Å²) in [5, 5.41) is 2.97. The molecule has 2 heterocycles. The Morgan fingerprint density at radius 2 is 1.65 bits per heavy atom. The van der Waals surface area contributed by atoms with Crippen molar-refractivity contribution in [3.63, 3.8) is 0 Å². The molecule has 0 bridgehead atoms. The smallest absolute Gasteiger partial charge is 0.237 e. The van der Waals surface area contributed by atoms with E-state index in [-0.39, 0.29) is 17.9 Å². The number of likely N-dealkylation sites (tertiary alicyclic amines) is 2. The monoisotopic (exact) mass is 323 g/mol. The molecule has 2 fully saturated rings. The van der Waals surface area contributed by atoms with Gasteiger partial charge in [-0.1, -0.05) is 19.8 Å². The maximum Gasteiger partial charge on any atom is 0.237 e. The summed E-state index contributed by atoms with van der Waals surface area (Å²) in [7, 11) is 0. The van der Waals surface area contributed by atoms with Crippen molar-refractivity contribution in [2.45, 2.75) is 64.8 Å². The zero-order valence-corrected chi connectivity index (χ0v) is 14.9. The van der Waals surface area contributed by atoms with E-state index in [9.17, 15) is 9.59 Å². The number of carbonyl (C=O) groups is 2. The molecule has 0 spiro atoms. The van der Waals surface area contributed by atoms with E-state index in [4.69, 9.17) is 0 Å². The Labute approximate surface area is 140 Å². The molecule has 132 valence electrons. The Hall–Kier alpha value is -1.10. The zero-order chi connectivity index (χ0) is 16.7. The lowest BCUT2D eigenvalue weighted by Gasteiger charge is -2.36. The van der Waals surface area contributed by atoms with Crippen molar-refractivity contribution in [1.29, 1.82) is 0 Å². The van der Waals surface area contributed by atoms with E-state index in [0.29, 0.717) is 5.91 Å². The van der Waals surface area contributed by atoms with Gasteiger partial charge in [0.05, 0.1) is 6.04 Å². The maximum absolute atomic E-state index is 12.7. The number of rotatable bonds is 5. The van der Waals surface area contributed by atoms with E-state index < -0.39 is 0 Å². The SMILES string of the molecule is CCCNC(=O)C(C)N1CCC(C(=O)N2CCCCCC2)CC1. The second-order valence-corrected chi connectivity index (χ2v) is 7.02. The van der Waals surface area contributed by atoms with Gasteiger partial charge in [-0.15, -0.1) is 0 Å². The minimum atomic E-state index is -0.0872. The predicted octanol–water partition coefficient (Wildman–Crippen LogP) is 2.02. The molecule has 0 aliphatic carbocycles. The van der Waals surface area contributed by atoms with Gasteiger partial charge in [-0.3, -0.25) is 14.5 Å². The van der Waals surface area contributed by atoms with Gasteiger partial charge >= 0.3 is 0 Å². The first-order valence-corrected chi connectivity index (χ1v) is 9.44. The molecule has 5 nitrogen and oxygen atoms in total. The number of hydrogen-bond donors (Lipinski definition) is 1. The van der Waals surface area contributed by atoms with E-state index >= 15 is 0 Å². The quantitative estimate of drug-likeness (QED) is 0.842. The molecule has 0 aromatic carbocycles. The van der Waals surface area contributed by atoms with Gasteiger partial charge < -0.3 is 10.2 Å².